The van der Waals surface area contributed by atoms with Crippen molar-refractivity contribution >= 4 is 17.0 Å². The Labute approximate surface area is 162 Å². The fraction of sp³-hybridized carbons (Fsp3) is 0.286. The maximum absolute atomic E-state index is 13.4. The molecule has 0 bridgehead atoms. The van der Waals surface area contributed by atoms with E-state index in [0.29, 0.717) is 23.1 Å². The molecule has 3 rings (SSSR count). The zero-order valence-corrected chi connectivity index (χ0v) is 16.4. The van der Waals surface area contributed by atoms with Gasteiger partial charge in [0.05, 0.1) is 16.6 Å². The van der Waals surface area contributed by atoms with Gasteiger partial charge < -0.3 is 10.5 Å². The number of nitrogens with zero attached hydrogens (tertiary/aromatic N) is 2. The summed E-state index contributed by atoms with van der Waals surface area (Å²) in [6, 6.07) is 13.4. The second-order valence-electron chi connectivity index (χ2n) is 7.05. The quantitative estimate of drug-likeness (QED) is 0.723. The molecule has 3 aromatic rings. The van der Waals surface area contributed by atoms with E-state index in [1.807, 2.05) is 37.3 Å². The molecule has 6 nitrogen and oxygen atoms in total. The molecule has 28 heavy (non-hydrogen) atoms. The van der Waals surface area contributed by atoms with Gasteiger partial charge in [-0.05, 0) is 51.1 Å². The van der Waals surface area contributed by atoms with Gasteiger partial charge in [0, 0.05) is 6.42 Å². The van der Waals surface area contributed by atoms with Crippen molar-refractivity contribution in [2.75, 3.05) is 0 Å². The van der Waals surface area contributed by atoms with E-state index in [4.69, 9.17) is 5.73 Å². The van der Waals surface area contributed by atoms with E-state index in [-0.39, 0.29) is 5.56 Å². The van der Waals surface area contributed by atoms with Gasteiger partial charge in [-0.15, -0.1) is 0 Å². The molecule has 0 radical (unpaired) electrons. The lowest BCUT2D eigenvalue weighted by Crippen LogP contribution is -2.27. The third-order valence-electron chi connectivity index (χ3n) is 3.64. The van der Waals surface area contributed by atoms with Crippen molar-refractivity contribution in [3.63, 3.8) is 0 Å². The molecule has 0 spiro atoms. The summed E-state index contributed by atoms with van der Waals surface area (Å²) in [6.07, 6.45) is -0.102. The Morgan fingerprint density at radius 3 is 2.32 bits per heavy atom. The van der Waals surface area contributed by atoms with Crippen LogP contribution in [0.15, 0.2) is 53.3 Å². The summed E-state index contributed by atoms with van der Waals surface area (Å²) in [4.78, 5) is 27.1. The van der Waals surface area contributed by atoms with Crippen molar-refractivity contribution in [3.05, 3.63) is 70.5 Å². The summed E-state index contributed by atoms with van der Waals surface area (Å²) in [6.45, 7) is 7.23. The lowest BCUT2D eigenvalue weighted by molar-refractivity contribution is 0.0600. The molecule has 0 atom stereocenters. The lowest BCUT2D eigenvalue weighted by Gasteiger charge is -2.16. The summed E-state index contributed by atoms with van der Waals surface area (Å²) < 4.78 is 19.5. The van der Waals surface area contributed by atoms with E-state index >= 15 is 0 Å². The molecule has 2 aromatic carbocycles. The van der Waals surface area contributed by atoms with Gasteiger partial charge in [0.2, 0.25) is 0 Å². The van der Waals surface area contributed by atoms with Crippen LogP contribution in [0.3, 0.4) is 0 Å². The number of ether oxygens (including phenoxy) is 1. The molecule has 7 heteroatoms. The van der Waals surface area contributed by atoms with E-state index in [1.165, 1.54) is 12.1 Å². The monoisotopic (exact) mass is 385 g/mol. The summed E-state index contributed by atoms with van der Waals surface area (Å²) in [5.41, 5.74) is 5.30. The minimum absolute atomic E-state index is 0.238. The van der Waals surface area contributed by atoms with Crippen LogP contribution in [0.25, 0.3) is 16.6 Å². The summed E-state index contributed by atoms with van der Waals surface area (Å²) in [7, 11) is 0. The fourth-order valence-electron chi connectivity index (χ4n) is 2.59. The number of hydrogen-bond acceptors (Lipinski definition) is 4. The average molecular weight is 385 g/mol. The number of fused-ring (bicyclic) bond motifs is 1. The number of rotatable bonds is 2. The smallest absolute Gasteiger partial charge is 0.405 e. The number of nitrogens with two attached hydrogens (primary N) is 1. The van der Waals surface area contributed by atoms with Gasteiger partial charge in [-0.2, -0.15) is 0 Å². The molecule has 0 unspecified atom stereocenters. The van der Waals surface area contributed by atoms with Crippen molar-refractivity contribution in [3.8, 4) is 5.69 Å². The molecular weight excluding hydrogens is 361 g/mol. The number of hydrogen-bond donors (Lipinski definition) is 1. The van der Waals surface area contributed by atoms with Crippen LogP contribution < -0.4 is 11.3 Å². The number of amides is 1. The maximum Gasteiger partial charge on any atom is 0.405 e. The number of primary amides is 1. The summed E-state index contributed by atoms with van der Waals surface area (Å²) >= 11 is 0. The molecule has 1 aromatic heterocycles. The number of para-hydroxylation sites is 1. The van der Waals surface area contributed by atoms with Crippen molar-refractivity contribution in [1.29, 1.82) is 0 Å². The molecule has 0 aliphatic rings. The van der Waals surface area contributed by atoms with Gasteiger partial charge >= 0.3 is 6.09 Å². The van der Waals surface area contributed by atoms with E-state index in [9.17, 15) is 14.0 Å². The number of halogens is 1. The van der Waals surface area contributed by atoms with Crippen LogP contribution in [0.5, 0.6) is 0 Å². The standard InChI is InChI=1S/C16H13FN2O.C5H11NO2/c1-2-15-18-14-9-8-11(17)10-13(14)16(20)19(15)12-6-4-3-5-7-12;1-5(2,3)8-4(6)7/h3-10H,2H2,1H3;1-3H3,(H2,6,7). The zero-order valence-electron chi connectivity index (χ0n) is 16.4. The van der Waals surface area contributed by atoms with E-state index in [0.717, 1.165) is 5.69 Å². The third-order valence-corrected chi connectivity index (χ3v) is 3.64. The molecule has 148 valence electrons. The Kier molecular flexibility index (Phi) is 6.51. The molecule has 1 heterocycles. The maximum atomic E-state index is 13.4. The topological polar surface area (TPSA) is 87.2 Å². The first-order valence-corrected chi connectivity index (χ1v) is 8.87. The normalized spacial score (nSPS) is 10.9. The van der Waals surface area contributed by atoms with Gasteiger partial charge in [-0.1, -0.05) is 25.1 Å². The molecule has 0 fully saturated rings. The van der Waals surface area contributed by atoms with Gasteiger partial charge in [0.25, 0.3) is 5.56 Å². The van der Waals surface area contributed by atoms with Crippen LogP contribution in [0.1, 0.15) is 33.5 Å². The first-order valence-electron chi connectivity index (χ1n) is 8.87. The van der Waals surface area contributed by atoms with E-state index in [2.05, 4.69) is 9.72 Å². The third kappa shape index (κ3) is 5.39. The van der Waals surface area contributed by atoms with Crippen molar-refractivity contribution in [1.82, 2.24) is 9.55 Å². The number of carbonyl (C=O) groups excluding carboxylic acids is 1. The number of aromatic nitrogens is 2. The Balaban J connectivity index is 0.000000300. The van der Waals surface area contributed by atoms with Crippen LogP contribution in [-0.2, 0) is 11.2 Å². The van der Waals surface area contributed by atoms with Crippen LogP contribution in [0.2, 0.25) is 0 Å². The fourth-order valence-corrected chi connectivity index (χ4v) is 2.59. The molecule has 2 N–H and O–H groups in total. The minimum atomic E-state index is -0.725. The van der Waals surface area contributed by atoms with Gasteiger partial charge in [0.1, 0.15) is 17.2 Å². The molecular formula is C21H24FN3O3. The predicted octanol–water partition coefficient (Wildman–Crippen LogP) is 3.97. The van der Waals surface area contributed by atoms with Crippen LogP contribution in [0, 0.1) is 5.82 Å². The largest absolute Gasteiger partial charge is 0.444 e. The molecule has 1 amide bonds. The molecule has 0 aliphatic heterocycles. The first-order chi connectivity index (χ1) is 13.1. The molecule has 0 aliphatic carbocycles. The van der Waals surface area contributed by atoms with Crippen molar-refractivity contribution in [2.24, 2.45) is 5.73 Å². The second kappa shape index (κ2) is 8.65. The van der Waals surface area contributed by atoms with Crippen LogP contribution in [-0.4, -0.2) is 21.2 Å². The highest BCUT2D eigenvalue weighted by Gasteiger charge is 2.13. The minimum Gasteiger partial charge on any atom is -0.444 e. The lowest BCUT2D eigenvalue weighted by atomic mass is 10.2. The highest BCUT2D eigenvalue weighted by molar-refractivity contribution is 5.78. The van der Waals surface area contributed by atoms with E-state index in [1.54, 1.807) is 31.4 Å². The Bertz CT molecular complexity index is 1020. The van der Waals surface area contributed by atoms with Crippen LogP contribution >= 0.6 is 0 Å². The Hall–Kier alpha value is -3.22. The van der Waals surface area contributed by atoms with Crippen molar-refractivity contribution < 1.29 is 13.9 Å². The van der Waals surface area contributed by atoms with Crippen molar-refractivity contribution in [2.45, 2.75) is 39.7 Å². The number of aryl methyl sites for hydroxylation is 1. The van der Waals surface area contributed by atoms with E-state index < -0.39 is 17.5 Å². The van der Waals surface area contributed by atoms with Gasteiger partial charge in [-0.3, -0.25) is 9.36 Å². The number of carbonyl (C=O) groups is 1. The highest BCUT2D eigenvalue weighted by Crippen LogP contribution is 2.14. The Morgan fingerprint density at radius 2 is 1.82 bits per heavy atom. The summed E-state index contributed by atoms with van der Waals surface area (Å²) in [5, 5.41) is 0.297. The predicted molar refractivity (Wildman–Crippen MR) is 107 cm³/mol. The van der Waals surface area contributed by atoms with Gasteiger partial charge in [0.15, 0.2) is 0 Å². The molecule has 0 saturated heterocycles. The SMILES string of the molecule is CC(C)(C)OC(N)=O.CCc1nc2ccc(F)cc2c(=O)n1-c1ccccc1. The van der Waals surface area contributed by atoms with Gasteiger partial charge in [-0.25, -0.2) is 14.2 Å². The zero-order chi connectivity index (χ0) is 20.9. The first kappa shape index (κ1) is 21.1. The molecule has 0 saturated carbocycles. The summed E-state index contributed by atoms with van der Waals surface area (Å²) in [5.74, 6) is 0.237. The highest BCUT2D eigenvalue weighted by atomic mass is 19.1. The second-order valence-corrected chi connectivity index (χ2v) is 7.05. The Morgan fingerprint density at radius 1 is 1.18 bits per heavy atom. The average Bonchev–Trinajstić information content (AvgIpc) is 2.61. The van der Waals surface area contributed by atoms with Crippen LogP contribution in [0.4, 0.5) is 9.18 Å². The number of benzene rings is 2.